The van der Waals surface area contributed by atoms with E-state index in [9.17, 15) is 9.59 Å². The third kappa shape index (κ3) is 10.6. The summed E-state index contributed by atoms with van der Waals surface area (Å²) in [6.45, 7) is 5.80. The fourth-order valence-electron chi connectivity index (χ4n) is 3.94. The maximum absolute atomic E-state index is 13.4. The van der Waals surface area contributed by atoms with E-state index in [1.807, 2.05) is 49.4 Å². The van der Waals surface area contributed by atoms with Crippen LogP contribution in [0.25, 0.3) is 0 Å². The fourth-order valence-corrected chi connectivity index (χ4v) is 3.94. The predicted molar refractivity (Wildman–Crippen MR) is 135 cm³/mol. The number of aryl methyl sites for hydroxylation is 1. The summed E-state index contributed by atoms with van der Waals surface area (Å²) in [7, 11) is 1.61. The average molecular weight is 471 g/mol. The molecule has 0 N–H and O–H groups in total. The largest absolute Gasteiger partial charge is 0.464 e. The van der Waals surface area contributed by atoms with Gasteiger partial charge in [-0.3, -0.25) is 9.59 Å². The molecule has 2 rings (SSSR count). The van der Waals surface area contributed by atoms with E-state index in [1.165, 1.54) is 25.7 Å². The quantitative estimate of drug-likeness (QED) is 0.277. The second-order valence-corrected chi connectivity index (χ2v) is 8.93. The van der Waals surface area contributed by atoms with Gasteiger partial charge in [0.05, 0.1) is 19.7 Å². The van der Waals surface area contributed by atoms with Crippen LogP contribution in [0.2, 0.25) is 0 Å². The Balaban J connectivity index is 1.97. The Morgan fingerprint density at radius 2 is 1.56 bits per heavy atom. The second kappa shape index (κ2) is 16.1. The van der Waals surface area contributed by atoms with Crippen LogP contribution in [0.4, 0.5) is 0 Å². The molecule has 0 saturated heterocycles. The third-order valence-electron chi connectivity index (χ3n) is 5.95. The highest BCUT2D eigenvalue weighted by molar-refractivity contribution is 5.84. The van der Waals surface area contributed by atoms with Gasteiger partial charge in [0.1, 0.15) is 11.5 Å². The van der Waals surface area contributed by atoms with Crippen molar-refractivity contribution in [2.24, 2.45) is 0 Å². The highest BCUT2D eigenvalue weighted by Gasteiger charge is 2.22. The molecule has 0 bridgehead atoms. The molecule has 34 heavy (non-hydrogen) atoms. The zero-order chi connectivity index (χ0) is 24.6. The van der Waals surface area contributed by atoms with E-state index in [-0.39, 0.29) is 18.4 Å². The van der Waals surface area contributed by atoms with Crippen molar-refractivity contribution in [2.45, 2.75) is 78.3 Å². The second-order valence-electron chi connectivity index (χ2n) is 8.93. The minimum atomic E-state index is -0.0954. The van der Waals surface area contributed by atoms with E-state index in [4.69, 9.17) is 9.15 Å². The lowest BCUT2D eigenvalue weighted by molar-refractivity contribution is -0.142. The van der Waals surface area contributed by atoms with E-state index in [2.05, 4.69) is 6.92 Å². The van der Waals surface area contributed by atoms with Gasteiger partial charge in [-0.1, -0.05) is 75.8 Å². The molecule has 0 atom stereocenters. The molecule has 6 heteroatoms. The van der Waals surface area contributed by atoms with Crippen molar-refractivity contribution in [3.8, 4) is 0 Å². The summed E-state index contributed by atoms with van der Waals surface area (Å²) in [6, 6.07) is 13.7. The number of rotatable bonds is 17. The summed E-state index contributed by atoms with van der Waals surface area (Å²) in [5.41, 5.74) is 1.04. The maximum atomic E-state index is 13.4. The third-order valence-corrected chi connectivity index (χ3v) is 5.95. The lowest BCUT2D eigenvalue weighted by Crippen LogP contribution is -2.43. The number of hydrogen-bond acceptors (Lipinski definition) is 4. The van der Waals surface area contributed by atoms with E-state index >= 15 is 0 Å². The van der Waals surface area contributed by atoms with Crippen LogP contribution in [0.5, 0.6) is 0 Å². The van der Waals surface area contributed by atoms with Gasteiger partial charge in [0.15, 0.2) is 0 Å². The summed E-state index contributed by atoms with van der Waals surface area (Å²) < 4.78 is 10.9. The van der Waals surface area contributed by atoms with Crippen molar-refractivity contribution >= 4 is 11.8 Å². The molecule has 0 aliphatic rings. The monoisotopic (exact) mass is 470 g/mol. The number of benzene rings is 1. The molecule has 2 amide bonds. The summed E-state index contributed by atoms with van der Waals surface area (Å²) in [4.78, 5) is 29.7. The molecule has 0 radical (unpaired) electrons. The first-order chi connectivity index (χ1) is 16.5. The van der Waals surface area contributed by atoms with E-state index < -0.39 is 0 Å². The molecule has 1 heterocycles. The van der Waals surface area contributed by atoms with Gasteiger partial charge in [-0.05, 0) is 31.0 Å². The number of amides is 2. The number of carbonyl (C=O) groups is 2. The average Bonchev–Trinajstić information content (AvgIpc) is 3.25. The van der Waals surface area contributed by atoms with Crippen molar-refractivity contribution in [2.75, 3.05) is 26.8 Å². The Labute approximate surface area is 205 Å². The zero-order valence-electron chi connectivity index (χ0n) is 21.3. The van der Waals surface area contributed by atoms with Crippen LogP contribution in [0.1, 0.15) is 75.4 Å². The number of hydrogen-bond donors (Lipinski definition) is 0. The van der Waals surface area contributed by atoms with Crippen molar-refractivity contribution in [1.29, 1.82) is 0 Å². The molecular weight excluding hydrogens is 428 g/mol. The lowest BCUT2D eigenvalue weighted by Gasteiger charge is -2.27. The van der Waals surface area contributed by atoms with Gasteiger partial charge in [-0.15, -0.1) is 0 Å². The van der Waals surface area contributed by atoms with Gasteiger partial charge < -0.3 is 19.0 Å². The SMILES string of the molecule is CCCCCCCCCC(=O)N(CCOC)CC(=O)N(Cc1ccccc1)Cc1ccc(C)o1. The summed E-state index contributed by atoms with van der Waals surface area (Å²) in [5, 5.41) is 0. The Morgan fingerprint density at radius 3 is 2.21 bits per heavy atom. The van der Waals surface area contributed by atoms with Crippen LogP contribution in [0, 0.1) is 6.92 Å². The molecule has 188 valence electrons. The smallest absolute Gasteiger partial charge is 0.242 e. The van der Waals surface area contributed by atoms with Crippen LogP contribution >= 0.6 is 0 Å². The van der Waals surface area contributed by atoms with Gasteiger partial charge >= 0.3 is 0 Å². The van der Waals surface area contributed by atoms with Crippen molar-refractivity contribution in [3.63, 3.8) is 0 Å². The molecule has 0 saturated carbocycles. The Bertz CT molecular complexity index is 834. The minimum Gasteiger partial charge on any atom is -0.464 e. The Hall–Kier alpha value is -2.60. The molecule has 1 aromatic heterocycles. The number of unbranched alkanes of at least 4 members (excludes halogenated alkanes) is 6. The maximum Gasteiger partial charge on any atom is 0.242 e. The molecule has 0 fully saturated rings. The first-order valence-electron chi connectivity index (χ1n) is 12.7. The molecule has 2 aromatic rings. The Kier molecular flexibility index (Phi) is 13.1. The van der Waals surface area contributed by atoms with Gasteiger partial charge in [-0.2, -0.15) is 0 Å². The Morgan fingerprint density at radius 1 is 0.853 bits per heavy atom. The molecular formula is C28H42N2O4. The molecule has 1 aromatic carbocycles. The van der Waals surface area contributed by atoms with Crippen LogP contribution < -0.4 is 0 Å². The van der Waals surface area contributed by atoms with E-state index in [0.29, 0.717) is 32.7 Å². The lowest BCUT2D eigenvalue weighted by atomic mass is 10.1. The standard InChI is InChI=1S/C28H42N2O4/c1-4-5-6-7-8-9-13-16-27(31)29(19-20-33-3)23-28(32)30(21-25-14-11-10-12-15-25)22-26-18-17-24(2)34-26/h10-12,14-15,17-18H,4-9,13,16,19-23H2,1-3H3. The summed E-state index contributed by atoms with van der Waals surface area (Å²) >= 11 is 0. The zero-order valence-corrected chi connectivity index (χ0v) is 21.3. The van der Waals surface area contributed by atoms with Crippen LogP contribution in [0.15, 0.2) is 46.9 Å². The topological polar surface area (TPSA) is 63.0 Å². The first-order valence-corrected chi connectivity index (χ1v) is 12.7. The van der Waals surface area contributed by atoms with E-state index in [1.54, 1.807) is 16.9 Å². The number of furan rings is 1. The highest BCUT2D eigenvalue weighted by atomic mass is 16.5. The highest BCUT2D eigenvalue weighted by Crippen LogP contribution is 2.15. The number of ether oxygens (including phenoxy) is 1. The number of methoxy groups -OCH3 is 1. The number of carbonyl (C=O) groups excluding carboxylic acids is 2. The normalized spacial score (nSPS) is 10.9. The van der Waals surface area contributed by atoms with Crippen LogP contribution in [-0.2, 0) is 27.4 Å². The molecule has 6 nitrogen and oxygen atoms in total. The van der Waals surface area contributed by atoms with E-state index in [0.717, 1.165) is 36.3 Å². The fraction of sp³-hybridized carbons (Fsp3) is 0.571. The summed E-state index contributed by atoms with van der Waals surface area (Å²) in [6.07, 6.45) is 8.57. The van der Waals surface area contributed by atoms with Crippen molar-refractivity contribution in [3.05, 3.63) is 59.5 Å². The van der Waals surface area contributed by atoms with Crippen molar-refractivity contribution in [1.82, 2.24) is 9.80 Å². The first kappa shape index (κ1) is 27.6. The predicted octanol–water partition coefficient (Wildman–Crippen LogP) is 5.73. The van der Waals surface area contributed by atoms with Gasteiger partial charge in [0.2, 0.25) is 11.8 Å². The van der Waals surface area contributed by atoms with Crippen molar-refractivity contribution < 1.29 is 18.7 Å². The summed E-state index contributed by atoms with van der Waals surface area (Å²) in [5.74, 6) is 1.47. The minimum absolute atomic E-state index is 0.0208. The molecule has 0 unspecified atom stereocenters. The van der Waals surface area contributed by atoms with Gasteiger partial charge in [0.25, 0.3) is 0 Å². The molecule has 0 aliphatic heterocycles. The molecule has 0 aliphatic carbocycles. The van der Waals surface area contributed by atoms with Gasteiger partial charge in [0, 0.05) is 26.6 Å². The van der Waals surface area contributed by atoms with Crippen LogP contribution in [-0.4, -0.2) is 48.4 Å². The van der Waals surface area contributed by atoms with Gasteiger partial charge in [-0.25, -0.2) is 0 Å². The molecule has 0 spiro atoms. The number of nitrogens with zero attached hydrogens (tertiary/aromatic N) is 2. The van der Waals surface area contributed by atoms with Crippen LogP contribution in [0.3, 0.4) is 0 Å².